The normalized spacial score (nSPS) is 11.4. The summed E-state index contributed by atoms with van der Waals surface area (Å²) < 4.78 is 0. The number of hydrogen-bond donors (Lipinski definition) is 1. The number of benzene rings is 1. The Hall–Kier alpha value is -1.65. The summed E-state index contributed by atoms with van der Waals surface area (Å²) >= 11 is 1.65. The summed E-state index contributed by atoms with van der Waals surface area (Å²) in [6, 6.07) is 12.0. The van der Waals surface area contributed by atoms with Gasteiger partial charge in [-0.3, -0.25) is 4.79 Å². The van der Waals surface area contributed by atoms with Gasteiger partial charge in [0.2, 0.25) is 5.91 Å². The van der Waals surface area contributed by atoms with E-state index in [0.29, 0.717) is 19.5 Å². The maximum absolute atomic E-state index is 12.5. The van der Waals surface area contributed by atoms with Crippen molar-refractivity contribution in [2.24, 2.45) is 0 Å². The van der Waals surface area contributed by atoms with E-state index in [0.717, 1.165) is 12.0 Å². The molecule has 1 aromatic heterocycles. The first-order valence-electron chi connectivity index (χ1n) is 7.49. The van der Waals surface area contributed by atoms with Crippen LogP contribution in [0.2, 0.25) is 0 Å². The van der Waals surface area contributed by atoms with Gasteiger partial charge >= 0.3 is 0 Å². The Kier molecular flexibility index (Phi) is 5.75. The molecule has 118 valence electrons. The van der Waals surface area contributed by atoms with Gasteiger partial charge in [0.15, 0.2) is 0 Å². The van der Waals surface area contributed by atoms with E-state index in [4.69, 9.17) is 0 Å². The Morgan fingerprint density at radius 2 is 1.91 bits per heavy atom. The van der Waals surface area contributed by atoms with E-state index in [-0.39, 0.29) is 5.91 Å². The molecule has 2 aromatic rings. The van der Waals surface area contributed by atoms with E-state index >= 15 is 0 Å². The van der Waals surface area contributed by atoms with Crippen LogP contribution >= 0.6 is 11.3 Å². The zero-order valence-electron chi connectivity index (χ0n) is 13.2. The Morgan fingerprint density at radius 1 is 1.18 bits per heavy atom. The molecule has 0 saturated carbocycles. The highest BCUT2D eigenvalue weighted by Gasteiger charge is 2.22. The van der Waals surface area contributed by atoms with Crippen molar-refractivity contribution in [1.82, 2.24) is 4.90 Å². The molecule has 1 aromatic carbocycles. The van der Waals surface area contributed by atoms with Gasteiger partial charge in [0.25, 0.3) is 0 Å². The zero-order valence-corrected chi connectivity index (χ0v) is 14.0. The number of nitrogens with zero attached hydrogens (tertiary/aromatic N) is 1. The van der Waals surface area contributed by atoms with Crippen molar-refractivity contribution >= 4 is 17.2 Å². The molecule has 2 rings (SSSR count). The summed E-state index contributed by atoms with van der Waals surface area (Å²) in [5, 5.41) is 14.2. The Morgan fingerprint density at radius 3 is 2.50 bits per heavy atom. The van der Waals surface area contributed by atoms with Gasteiger partial charge in [-0.15, -0.1) is 0 Å². The van der Waals surface area contributed by atoms with E-state index in [1.165, 1.54) is 5.56 Å². The summed E-state index contributed by atoms with van der Waals surface area (Å²) in [4.78, 5) is 14.3. The van der Waals surface area contributed by atoms with Crippen molar-refractivity contribution in [3.63, 3.8) is 0 Å². The van der Waals surface area contributed by atoms with Crippen molar-refractivity contribution in [3.8, 4) is 0 Å². The highest BCUT2D eigenvalue weighted by molar-refractivity contribution is 7.07. The van der Waals surface area contributed by atoms with Gasteiger partial charge in [-0.05, 0) is 48.2 Å². The molecular formula is C18H23NO2S. The lowest BCUT2D eigenvalue weighted by Gasteiger charge is -2.29. The molecule has 0 atom stereocenters. The minimum absolute atomic E-state index is 0.0807. The second-order valence-electron chi connectivity index (χ2n) is 6.18. The summed E-state index contributed by atoms with van der Waals surface area (Å²) in [6.45, 7) is 4.34. The number of aryl methyl sites for hydroxylation is 1. The number of hydrogen-bond acceptors (Lipinski definition) is 3. The maximum atomic E-state index is 12.5. The molecule has 0 saturated heterocycles. The van der Waals surface area contributed by atoms with Crippen molar-refractivity contribution in [2.45, 2.75) is 38.8 Å². The van der Waals surface area contributed by atoms with E-state index in [9.17, 15) is 9.90 Å². The highest BCUT2D eigenvalue weighted by atomic mass is 32.1. The Bertz CT molecular complexity index is 573. The van der Waals surface area contributed by atoms with Crippen molar-refractivity contribution in [1.29, 1.82) is 0 Å². The minimum Gasteiger partial charge on any atom is -0.389 e. The fourth-order valence-electron chi connectivity index (χ4n) is 2.35. The van der Waals surface area contributed by atoms with E-state index < -0.39 is 5.60 Å². The van der Waals surface area contributed by atoms with Crippen LogP contribution in [0.4, 0.5) is 0 Å². The fraction of sp³-hybridized carbons (Fsp3) is 0.389. The molecule has 0 aliphatic heterocycles. The summed E-state index contributed by atoms with van der Waals surface area (Å²) in [5.74, 6) is 0.0807. The van der Waals surface area contributed by atoms with Crippen LogP contribution < -0.4 is 0 Å². The monoisotopic (exact) mass is 317 g/mol. The number of aliphatic hydroxyl groups is 1. The molecule has 0 aliphatic rings. The lowest BCUT2D eigenvalue weighted by molar-refractivity contribution is -0.134. The van der Waals surface area contributed by atoms with Gasteiger partial charge in [-0.1, -0.05) is 30.3 Å². The highest BCUT2D eigenvalue weighted by Crippen LogP contribution is 2.14. The molecule has 0 spiro atoms. The molecular weight excluding hydrogens is 294 g/mol. The molecule has 1 heterocycles. The van der Waals surface area contributed by atoms with Crippen LogP contribution in [0.3, 0.4) is 0 Å². The fourth-order valence-corrected chi connectivity index (χ4v) is 3.05. The second-order valence-corrected chi connectivity index (χ2v) is 6.96. The van der Waals surface area contributed by atoms with Gasteiger partial charge in [0.05, 0.1) is 5.60 Å². The standard InChI is InChI=1S/C18H23NO2S/c1-18(2,21)14-19(12-15-6-4-3-5-7-15)17(20)9-8-16-10-11-22-13-16/h3-7,10-11,13,21H,8-9,12,14H2,1-2H3. The van der Waals surface area contributed by atoms with E-state index in [1.807, 2.05) is 35.7 Å². The van der Waals surface area contributed by atoms with Crippen LogP contribution in [0, 0.1) is 0 Å². The molecule has 0 radical (unpaired) electrons. The van der Waals surface area contributed by atoms with E-state index in [1.54, 1.807) is 30.1 Å². The predicted octanol–water partition coefficient (Wildman–Crippen LogP) is 3.48. The van der Waals surface area contributed by atoms with Crippen LogP contribution in [0.25, 0.3) is 0 Å². The maximum Gasteiger partial charge on any atom is 0.223 e. The van der Waals surface area contributed by atoms with Gasteiger partial charge in [0.1, 0.15) is 0 Å². The topological polar surface area (TPSA) is 40.5 Å². The number of rotatable bonds is 7. The number of carbonyl (C=O) groups excluding carboxylic acids is 1. The summed E-state index contributed by atoms with van der Waals surface area (Å²) in [6.07, 6.45) is 1.22. The van der Waals surface area contributed by atoms with Crippen molar-refractivity contribution in [2.75, 3.05) is 6.54 Å². The summed E-state index contributed by atoms with van der Waals surface area (Å²) in [7, 11) is 0. The Labute approximate surface area is 136 Å². The van der Waals surface area contributed by atoms with Crippen molar-refractivity contribution < 1.29 is 9.90 Å². The van der Waals surface area contributed by atoms with Gasteiger partial charge in [-0.25, -0.2) is 0 Å². The lowest BCUT2D eigenvalue weighted by atomic mass is 10.1. The molecule has 1 amide bonds. The summed E-state index contributed by atoms with van der Waals surface area (Å²) in [5.41, 5.74) is 1.38. The third-order valence-corrected chi connectivity index (χ3v) is 4.09. The molecule has 0 fully saturated rings. The van der Waals surface area contributed by atoms with Gasteiger partial charge in [0, 0.05) is 19.5 Å². The largest absolute Gasteiger partial charge is 0.389 e. The Balaban J connectivity index is 2.01. The quantitative estimate of drug-likeness (QED) is 0.849. The zero-order chi connectivity index (χ0) is 16.0. The van der Waals surface area contributed by atoms with Crippen molar-refractivity contribution in [3.05, 3.63) is 58.3 Å². The number of amides is 1. The molecule has 0 unspecified atom stereocenters. The van der Waals surface area contributed by atoms with Crippen LogP contribution in [-0.2, 0) is 17.8 Å². The van der Waals surface area contributed by atoms with Gasteiger partial charge in [-0.2, -0.15) is 11.3 Å². The minimum atomic E-state index is -0.896. The molecule has 0 bridgehead atoms. The van der Waals surface area contributed by atoms with E-state index in [2.05, 4.69) is 11.4 Å². The average Bonchev–Trinajstić information content (AvgIpc) is 2.97. The third kappa shape index (κ3) is 5.62. The van der Waals surface area contributed by atoms with Gasteiger partial charge < -0.3 is 10.0 Å². The first kappa shape index (κ1) is 16.7. The lowest BCUT2D eigenvalue weighted by Crippen LogP contribution is -2.41. The van der Waals surface area contributed by atoms with Crippen LogP contribution in [0.1, 0.15) is 31.4 Å². The third-order valence-electron chi connectivity index (χ3n) is 3.35. The molecule has 4 heteroatoms. The number of carbonyl (C=O) groups is 1. The molecule has 3 nitrogen and oxygen atoms in total. The average molecular weight is 317 g/mol. The SMILES string of the molecule is CC(C)(O)CN(Cc1ccccc1)C(=O)CCc1ccsc1. The van der Waals surface area contributed by atoms with Crippen LogP contribution in [0.5, 0.6) is 0 Å². The van der Waals surface area contributed by atoms with Crippen LogP contribution in [-0.4, -0.2) is 28.1 Å². The first-order chi connectivity index (χ1) is 10.4. The second kappa shape index (κ2) is 7.56. The smallest absolute Gasteiger partial charge is 0.223 e. The molecule has 0 aliphatic carbocycles. The number of thiophene rings is 1. The molecule has 22 heavy (non-hydrogen) atoms. The predicted molar refractivity (Wildman–Crippen MR) is 90.8 cm³/mol. The first-order valence-corrected chi connectivity index (χ1v) is 8.43. The molecule has 1 N–H and O–H groups in total. The van der Waals surface area contributed by atoms with Crippen LogP contribution in [0.15, 0.2) is 47.2 Å².